The van der Waals surface area contributed by atoms with Gasteiger partial charge in [-0.3, -0.25) is 4.57 Å². The summed E-state index contributed by atoms with van der Waals surface area (Å²) in [4.78, 5) is 44.2. The lowest BCUT2D eigenvalue weighted by Crippen LogP contribution is -2.39. The van der Waals surface area contributed by atoms with E-state index in [4.69, 9.17) is 0 Å². The Balaban J connectivity index is 1.21. The van der Waals surface area contributed by atoms with Crippen molar-refractivity contribution in [1.82, 2.24) is 29.3 Å². The van der Waals surface area contributed by atoms with Crippen molar-refractivity contribution in [3.8, 4) is 44.8 Å². The first-order valence-electron chi connectivity index (χ1n) is 20.9. The van der Waals surface area contributed by atoms with Gasteiger partial charge in [0.15, 0.2) is 0 Å². The van der Waals surface area contributed by atoms with Crippen LogP contribution in [0, 0.1) is 6.92 Å². The number of carbonyl (C=O) groups excluding carboxylic acids is 2. The predicted molar refractivity (Wildman–Crippen MR) is 255 cm³/mol. The van der Waals surface area contributed by atoms with Gasteiger partial charge in [0.1, 0.15) is 33.3 Å². The molecule has 13 nitrogen and oxygen atoms in total. The van der Waals surface area contributed by atoms with E-state index in [-0.39, 0.29) is 41.0 Å². The number of aromatic nitrogens is 5. The van der Waals surface area contributed by atoms with Gasteiger partial charge >= 0.3 is 24.8 Å². The SMILES string of the molecule is Cc1nccn1-c1cc(-c2cc(CN(C(=O)Nc3ccc(OC(F)(F)F)cc3)C(C)C)cc(-[n+]3cc(Br)sc3-c3cccc(CN(C(=O)Nc4ccc(OC(F)(F)F)cc4Br)C(C)C)c3)c2)ncn1. The van der Waals surface area contributed by atoms with E-state index in [1.807, 2.05) is 98.5 Å². The normalized spacial score (nSPS) is 11.8. The Morgan fingerprint density at radius 3 is 2.03 bits per heavy atom. The molecular formula is C47H42Br2F6N9O4S+. The van der Waals surface area contributed by atoms with E-state index in [1.54, 1.807) is 22.2 Å². The highest BCUT2D eigenvalue weighted by Crippen LogP contribution is 2.34. The van der Waals surface area contributed by atoms with Crippen molar-refractivity contribution in [3.05, 3.63) is 141 Å². The van der Waals surface area contributed by atoms with Crippen molar-refractivity contribution in [2.24, 2.45) is 0 Å². The number of hydrogen-bond acceptors (Lipinski definition) is 8. The number of aryl methyl sites for hydroxylation is 1. The molecule has 3 heterocycles. The maximum atomic E-state index is 13.9. The van der Waals surface area contributed by atoms with E-state index in [2.05, 4.69) is 66.9 Å². The largest absolute Gasteiger partial charge is 0.573 e. The van der Waals surface area contributed by atoms with Crippen LogP contribution in [0.4, 0.5) is 47.3 Å². The monoisotopic (exact) mass is 1100 g/mol. The Morgan fingerprint density at radius 2 is 1.39 bits per heavy atom. The summed E-state index contributed by atoms with van der Waals surface area (Å²) >= 11 is 8.40. The van der Waals surface area contributed by atoms with Crippen molar-refractivity contribution in [3.63, 3.8) is 0 Å². The van der Waals surface area contributed by atoms with Crippen molar-refractivity contribution in [2.75, 3.05) is 10.6 Å². The molecule has 0 spiro atoms. The van der Waals surface area contributed by atoms with E-state index < -0.39 is 36.3 Å². The lowest BCUT2D eigenvalue weighted by molar-refractivity contribution is -0.579. The summed E-state index contributed by atoms with van der Waals surface area (Å²) in [7, 11) is 0. The summed E-state index contributed by atoms with van der Waals surface area (Å²) in [6.45, 7) is 9.55. The smallest absolute Gasteiger partial charge is 0.406 e. The van der Waals surface area contributed by atoms with Gasteiger partial charge in [0.25, 0.3) is 5.01 Å². The summed E-state index contributed by atoms with van der Waals surface area (Å²) in [5.41, 5.74) is 4.85. The van der Waals surface area contributed by atoms with Crippen LogP contribution >= 0.6 is 43.2 Å². The molecule has 0 unspecified atom stereocenters. The molecule has 7 aromatic rings. The second-order valence-electron chi connectivity index (χ2n) is 16.0. The summed E-state index contributed by atoms with van der Waals surface area (Å²) < 4.78 is 89.6. The Kier molecular flexibility index (Phi) is 15.3. The molecule has 0 bridgehead atoms. The van der Waals surface area contributed by atoms with Gasteiger partial charge in [-0.15, -0.1) is 30.9 Å². The Hall–Kier alpha value is -6.52. The van der Waals surface area contributed by atoms with Gasteiger partial charge in [0.05, 0.1) is 16.9 Å². The van der Waals surface area contributed by atoms with E-state index >= 15 is 0 Å². The van der Waals surface area contributed by atoms with Crippen LogP contribution in [-0.4, -0.2) is 66.2 Å². The molecule has 22 heteroatoms. The van der Waals surface area contributed by atoms with Gasteiger partial charge < -0.3 is 29.9 Å². The van der Waals surface area contributed by atoms with E-state index in [0.29, 0.717) is 22.8 Å². The number of ether oxygens (including phenoxy) is 2. The number of amides is 4. The zero-order valence-electron chi connectivity index (χ0n) is 37.2. The summed E-state index contributed by atoms with van der Waals surface area (Å²) in [6.07, 6.45) is -2.89. The van der Waals surface area contributed by atoms with Crippen molar-refractivity contribution in [1.29, 1.82) is 0 Å². The highest BCUT2D eigenvalue weighted by atomic mass is 79.9. The number of halogens is 8. The molecule has 69 heavy (non-hydrogen) atoms. The molecule has 0 radical (unpaired) electrons. The second kappa shape index (κ2) is 21.0. The van der Waals surface area contributed by atoms with Crippen LogP contribution in [0.1, 0.15) is 44.6 Å². The second-order valence-corrected chi connectivity index (χ2v) is 19.2. The summed E-state index contributed by atoms with van der Waals surface area (Å²) in [5, 5.41) is 6.38. The van der Waals surface area contributed by atoms with Gasteiger partial charge in [0, 0.05) is 71.5 Å². The van der Waals surface area contributed by atoms with E-state index in [1.165, 1.54) is 35.9 Å². The number of nitrogens with zero attached hydrogens (tertiary/aromatic N) is 7. The minimum Gasteiger partial charge on any atom is -0.406 e. The predicted octanol–water partition coefficient (Wildman–Crippen LogP) is 12.9. The first-order chi connectivity index (χ1) is 32.6. The minimum atomic E-state index is -4.87. The average Bonchev–Trinajstić information content (AvgIpc) is 3.90. The van der Waals surface area contributed by atoms with Gasteiger partial charge in [0.2, 0.25) is 11.9 Å². The van der Waals surface area contributed by atoms with Crippen LogP contribution in [0.5, 0.6) is 11.5 Å². The van der Waals surface area contributed by atoms with Gasteiger partial charge in [-0.2, -0.15) is 0 Å². The number of thiazole rings is 1. The number of rotatable bonds is 14. The number of alkyl halides is 6. The molecule has 0 saturated carbocycles. The first-order valence-corrected chi connectivity index (χ1v) is 23.3. The molecule has 0 saturated heterocycles. The third-order valence-electron chi connectivity index (χ3n) is 10.3. The fraction of sp³-hybridized carbons (Fsp3) is 0.234. The Morgan fingerprint density at radius 1 is 0.754 bits per heavy atom. The Labute approximate surface area is 413 Å². The van der Waals surface area contributed by atoms with Crippen LogP contribution in [0.25, 0.3) is 33.3 Å². The van der Waals surface area contributed by atoms with E-state index in [0.717, 1.165) is 55.6 Å². The van der Waals surface area contributed by atoms with Crippen molar-refractivity contribution < 1.29 is 50.0 Å². The average molecular weight is 1100 g/mol. The van der Waals surface area contributed by atoms with Crippen LogP contribution in [0.15, 0.2) is 124 Å². The van der Waals surface area contributed by atoms with Crippen LogP contribution in [0.3, 0.4) is 0 Å². The molecule has 4 aromatic carbocycles. The third-order valence-corrected chi connectivity index (χ3v) is 12.6. The van der Waals surface area contributed by atoms with E-state index in [9.17, 15) is 35.9 Å². The quantitative estimate of drug-likeness (QED) is 0.0819. The molecule has 360 valence electrons. The number of imidazole rings is 1. The number of benzene rings is 4. The van der Waals surface area contributed by atoms with Gasteiger partial charge in [-0.05, 0) is 138 Å². The summed E-state index contributed by atoms with van der Waals surface area (Å²) in [6, 6.07) is 22.2. The number of anilines is 2. The molecule has 3 aromatic heterocycles. The fourth-order valence-electron chi connectivity index (χ4n) is 7.12. The topological polar surface area (TPSA) is 131 Å². The molecule has 0 aliphatic carbocycles. The molecule has 0 atom stereocenters. The Bertz CT molecular complexity index is 2970. The minimum absolute atomic E-state index is 0.115. The lowest BCUT2D eigenvalue weighted by atomic mass is 10.0. The molecule has 0 aliphatic heterocycles. The molecule has 0 aliphatic rings. The highest BCUT2D eigenvalue weighted by molar-refractivity contribution is 9.11. The number of nitrogens with one attached hydrogen (secondary N) is 2. The van der Waals surface area contributed by atoms with Crippen LogP contribution in [-0.2, 0) is 13.1 Å². The molecule has 0 fully saturated rings. The molecule has 2 N–H and O–H groups in total. The molecule has 7 rings (SSSR count). The lowest BCUT2D eigenvalue weighted by Gasteiger charge is -2.27. The van der Waals surface area contributed by atoms with Crippen LogP contribution < -0.4 is 24.7 Å². The molecular weight excluding hydrogens is 1060 g/mol. The summed E-state index contributed by atoms with van der Waals surface area (Å²) in [5.74, 6) is 0.444. The van der Waals surface area contributed by atoms with Crippen molar-refractivity contribution >= 4 is 66.6 Å². The van der Waals surface area contributed by atoms with Crippen molar-refractivity contribution in [2.45, 2.75) is 72.5 Å². The number of hydrogen-bond donors (Lipinski definition) is 2. The third kappa shape index (κ3) is 13.2. The van der Waals surface area contributed by atoms with Gasteiger partial charge in [-0.1, -0.05) is 23.5 Å². The zero-order chi connectivity index (χ0) is 49.8. The standard InChI is InChI=1S/C47H41Br2F6N9O4S/c1-27(2)62(45(66)60-39-14-13-37(21-38(39)48)68-47(53,54)55)23-30-7-6-8-32(17-30)43-64(25-41(49)69-43)35-19-31(18-33(20-35)40-22-42(58-26-57-40)61-16-15-56-29(61)5)24-63(28(3)4)44(65)59-34-9-11-36(12-10-34)67-46(50,51)52/h6-22,25-28H,23-24H2,1-5H3,(H-,59,60,65,66)/p+1. The number of urea groups is 2. The highest BCUT2D eigenvalue weighted by Gasteiger charge is 2.32. The van der Waals surface area contributed by atoms with Crippen LogP contribution in [0.2, 0.25) is 0 Å². The maximum Gasteiger partial charge on any atom is 0.573 e. The maximum absolute atomic E-state index is 13.9. The first kappa shape index (κ1) is 50.4. The van der Waals surface area contributed by atoms with Gasteiger partial charge in [-0.25, -0.2) is 24.5 Å². The molecule has 4 amide bonds. The zero-order valence-corrected chi connectivity index (χ0v) is 41.2. The fourth-order valence-corrected chi connectivity index (χ4v) is 9.08. The number of carbonyl (C=O) groups is 2.